The van der Waals surface area contributed by atoms with E-state index in [9.17, 15) is 0 Å². The predicted molar refractivity (Wildman–Crippen MR) is 98.0 cm³/mol. The van der Waals surface area contributed by atoms with Crippen LogP contribution in [0.25, 0.3) is 0 Å². The first kappa shape index (κ1) is 20.7. The minimum atomic E-state index is 1.21. The Hall–Kier alpha value is -0.300. The van der Waals surface area contributed by atoms with Gasteiger partial charge in [-0.3, -0.25) is 0 Å². The molecule has 1 heteroatoms. The molecule has 1 nitrogen and oxygen atoms in total. The molecule has 126 valence electrons. The van der Waals surface area contributed by atoms with E-state index in [2.05, 4.69) is 37.8 Å². The third kappa shape index (κ3) is 15.9. The number of unbranched alkanes of at least 4 members (excludes halogenated alkanes) is 10. The Morgan fingerprint density at radius 1 is 0.571 bits per heavy atom. The van der Waals surface area contributed by atoms with Crippen molar-refractivity contribution in [3.05, 3.63) is 12.2 Å². The maximum atomic E-state index is 2.54. The maximum Gasteiger partial charge on any atom is -0.00190 e. The highest BCUT2D eigenvalue weighted by molar-refractivity contribution is 4.81. The van der Waals surface area contributed by atoms with Crippen molar-refractivity contribution in [3.8, 4) is 0 Å². The van der Waals surface area contributed by atoms with E-state index in [4.69, 9.17) is 0 Å². The number of rotatable bonds is 16. The van der Waals surface area contributed by atoms with E-state index in [-0.39, 0.29) is 0 Å². The highest BCUT2D eigenvalue weighted by atomic mass is 15.1. The lowest BCUT2D eigenvalue weighted by Crippen LogP contribution is -2.23. The molecule has 0 saturated heterocycles. The van der Waals surface area contributed by atoms with Crippen LogP contribution in [0.1, 0.15) is 97.8 Å². The molecule has 0 N–H and O–H groups in total. The molecule has 21 heavy (non-hydrogen) atoms. The van der Waals surface area contributed by atoms with Crippen molar-refractivity contribution in [2.75, 3.05) is 19.6 Å². The molecule has 0 bridgehead atoms. The summed E-state index contributed by atoms with van der Waals surface area (Å²) in [6.07, 6.45) is 21.4. The highest BCUT2D eigenvalue weighted by Gasteiger charge is 1.98. The van der Waals surface area contributed by atoms with E-state index >= 15 is 0 Å². The summed E-state index contributed by atoms with van der Waals surface area (Å²) < 4.78 is 0. The third-order valence-corrected chi connectivity index (χ3v) is 4.38. The quantitative estimate of drug-likeness (QED) is 0.229. The van der Waals surface area contributed by atoms with E-state index < -0.39 is 0 Å². The summed E-state index contributed by atoms with van der Waals surface area (Å²) in [6.45, 7) is 10.5. The van der Waals surface area contributed by atoms with Gasteiger partial charge >= 0.3 is 0 Å². The van der Waals surface area contributed by atoms with Crippen LogP contribution in [0.5, 0.6) is 0 Å². The number of hydrogen-bond acceptors (Lipinski definition) is 1. The fraction of sp³-hybridized carbons (Fsp3) is 0.900. The van der Waals surface area contributed by atoms with Crippen LogP contribution < -0.4 is 0 Å². The molecule has 0 spiro atoms. The van der Waals surface area contributed by atoms with Crippen molar-refractivity contribution in [2.45, 2.75) is 97.8 Å². The van der Waals surface area contributed by atoms with Crippen molar-refractivity contribution < 1.29 is 0 Å². The Kier molecular flexibility index (Phi) is 17.5. The molecule has 0 aliphatic heterocycles. The van der Waals surface area contributed by atoms with Crippen molar-refractivity contribution in [1.29, 1.82) is 0 Å². The van der Waals surface area contributed by atoms with Crippen LogP contribution in [-0.2, 0) is 0 Å². The molecule has 0 unspecified atom stereocenters. The Morgan fingerprint density at radius 3 is 1.57 bits per heavy atom. The summed E-state index contributed by atoms with van der Waals surface area (Å²) in [5.41, 5.74) is 0. The standard InChI is InChI=1S/C20H41N/c1-4-7-8-9-10-11-12-13-14-15-16-17-18-19-20-21(5-2)6-3/h9-10H,4-8,11-20H2,1-3H3/b10-9+. The Labute approximate surface area is 135 Å². The third-order valence-electron chi connectivity index (χ3n) is 4.38. The Bertz CT molecular complexity index is 206. The zero-order valence-electron chi connectivity index (χ0n) is 15.2. The monoisotopic (exact) mass is 295 g/mol. The van der Waals surface area contributed by atoms with Crippen molar-refractivity contribution >= 4 is 0 Å². The Balaban J connectivity index is 3.10. The van der Waals surface area contributed by atoms with Gasteiger partial charge in [0.15, 0.2) is 0 Å². The van der Waals surface area contributed by atoms with Crippen LogP contribution in [0.3, 0.4) is 0 Å². The van der Waals surface area contributed by atoms with Crippen LogP contribution in [0.4, 0.5) is 0 Å². The molecule has 0 aliphatic rings. The molecule has 0 heterocycles. The molecule has 0 aromatic rings. The van der Waals surface area contributed by atoms with E-state index in [0.717, 1.165) is 0 Å². The van der Waals surface area contributed by atoms with Gasteiger partial charge in [0, 0.05) is 0 Å². The molecule has 0 amide bonds. The second-order valence-electron chi connectivity index (χ2n) is 6.26. The first-order valence-corrected chi connectivity index (χ1v) is 9.72. The molecular weight excluding hydrogens is 254 g/mol. The van der Waals surface area contributed by atoms with E-state index in [1.165, 1.54) is 96.7 Å². The number of hydrogen-bond donors (Lipinski definition) is 0. The van der Waals surface area contributed by atoms with Gasteiger partial charge in [0.05, 0.1) is 0 Å². The zero-order chi connectivity index (χ0) is 15.6. The van der Waals surface area contributed by atoms with Gasteiger partial charge in [0.1, 0.15) is 0 Å². The van der Waals surface area contributed by atoms with Gasteiger partial charge in [0.2, 0.25) is 0 Å². The first-order valence-electron chi connectivity index (χ1n) is 9.72. The van der Waals surface area contributed by atoms with E-state index in [0.29, 0.717) is 0 Å². The van der Waals surface area contributed by atoms with Gasteiger partial charge in [-0.25, -0.2) is 0 Å². The van der Waals surface area contributed by atoms with Crippen LogP contribution >= 0.6 is 0 Å². The maximum absolute atomic E-state index is 2.54. The van der Waals surface area contributed by atoms with Crippen molar-refractivity contribution in [3.63, 3.8) is 0 Å². The molecule has 0 fully saturated rings. The topological polar surface area (TPSA) is 3.24 Å². The molecule has 0 saturated carbocycles. The zero-order valence-corrected chi connectivity index (χ0v) is 15.2. The predicted octanol–water partition coefficient (Wildman–Crippen LogP) is 6.59. The lowest BCUT2D eigenvalue weighted by Gasteiger charge is -2.17. The molecular formula is C20H41N. The minimum Gasteiger partial charge on any atom is -0.304 e. The van der Waals surface area contributed by atoms with Crippen LogP contribution in [-0.4, -0.2) is 24.5 Å². The van der Waals surface area contributed by atoms with E-state index in [1.54, 1.807) is 0 Å². The molecule has 0 rings (SSSR count). The van der Waals surface area contributed by atoms with Gasteiger partial charge in [-0.2, -0.15) is 0 Å². The van der Waals surface area contributed by atoms with Crippen molar-refractivity contribution in [2.24, 2.45) is 0 Å². The summed E-state index contributed by atoms with van der Waals surface area (Å²) in [5, 5.41) is 0. The van der Waals surface area contributed by atoms with Crippen LogP contribution in [0.2, 0.25) is 0 Å². The largest absolute Gasteiger partial charge is 0.304 e. The molecule has 0 aliphatic carbocycles. The van der Waals surface area contributed by atoms with Crippen LogP contribution in [0, 0.1) is 0 Å². The fourth-order valence-electron chi connectivity index (χ4n) is 2.76. The number of nitrogens with zero attached hydrogens (tertiary/aromatic N) is 1. The number of allylic oxidation sites excluding steroid dienone is 2. The average molecular weight is 296 g/mol. The first-order chi connectivity index (χ1) is 10.3. The molecule has 0 aromatic carbocycles. The van der Waals surface area contributed by atoms with Gasteiger partial charge in [-0.1, -0.05) is 84.3 Å². The minimum absolute atomic E-state index is 1.21. The molecule has 0 aromatic heterocycles. The summed E-state index contributed by atoms with van der Waals surface area (Å²) in [4.78, 5) is 2.54. The summed E-state index contributed by atoms with van der Waals surface area (Å²) in [6, 6.07) is 0. The summed E-state index contributed by atoms with van der Waals surface area (Å²) in [5.74, 6) is 0. The molecule has 0 atom stereocenters. The lowest BCUT2D eigenvalue weighted by atomic mass is 10.1. The van der Waals surface area contributed by atoms with Gasteiger partial charge < -0.3 is 4.90 Å². The fourth-order valence-corrected chi connectivity index (χ4v) is 2.76. The summed E-state index contributed by atoms with van der Waals surface area (Å²) >= 11 is 0. The van der Waals surface area contributed by atoms with Gasteiger partial charge in [-0.05, 0) is 45.3 Å². The smallest absolute Gasteiger partial charge is 0.00190 e. The highest BCUT2D eigenvalue weighted by Crippen LogP contribution is 2.10. The van der Waals surface area contributed by atoms with Gasteiger partial charge in [0.25, 0.3) is 0 Å². The van der Waals surface area contributed by atoms with Crippen molar-refractivity contribution in [1.82, 2.24) is 4.90 Å². The average Bonchev–Trinajstić information content (AvgIpc) is 2.51. The summed E-state index contributed by atoms with van der Waals surface area (Å²) in [7, 11) is 0. The van der Waals surface area contributed by atoms with Gasteiger partial charge in [-0.15, -0.1) is 0 Å². The molecule has 0 radical (unpaired) electrons. The Morgan fingerprint density at radius 2 is 1.05 bits per heavy atom. The lowest BCUT2D eigenvalue weighted by molar-refractivity contribution is 0.295. The second kappa shape index (κ2) is 17.8. The SMILES string of the molecule is CCCC/C=C/CCCCCCCCCCN(CC)CC. The van der Waals surface area contributed by atoms with Crippen LogP contribution in [0.15, 0.2) is 12.2 Å². The second-order valence-corrected chi connectivity index (χ2v) is 6.26. The normalized spacial score (nSPS) is 11.8. The van der Waals surface area contributed by atoms with E-state index in [1.807, 2.05) is 0 Å².